The first-order chi connectivity index (χ1) is 12.0. The second-order valence-corrected chi connectivity index (χ2v) is 10.9. The molecule has 0 saturated carbocycles. The largest absolute Gasteiger partial charge is 0.372 e. The molecule has 0 fully saturated rings. The molecule has 0 bridgehead atoms. The maximum absolute atomic E-state index is 11.4. The number of rotatable bonds is 9. The van der Waals surface area contributed by atoms with Gasteiger partial charge < -0.3 is 30.9 Å². The topological polar surface area (TPSA) is 309 Å². The Labute approximate surface area is 155 Å². The third-order valence-electron chi connectivity index (χ3n) is 3.04. The zero-order chi connectivity index (χ0) is 22.1. The quantitative estimate of drug-likeness (QED) is 0.0939. The van der Waals surface area contributed by atoms with Gasteiger partial charge in [-0.2, -0.15) is 11.8 Å². The Morgan fingerprint density at radius 2 is 1.26 bits per heavy atom. The van der Waals surface area contributed by atoms with Gasteiger partial charge in [0.1, 0.15) is 12.1 Å². The van der Waals surface area contributed by atoms with Gasteiger partial charge in [0.15, 0.2) is 12.9 Å². The van der Waals surface area contributed by atoms with E-state index in [0.29, 0.717) is 0 Å². The summed E-state index contributed by atoms with van der Waals surface area (Å²) in [5.74, 6) is 7.44. The van der Waals surface area contributed by atoms with Gasteiger partial charge >= 0.3 is 11.9 Å². The Bertz CT molecular complexity index is 578. The summed E-state index contributed by atoms with van der Waals surface area (Å²) in [7, 11) is -7.07. The molecule has 17 heteroatoms. The molecule has 0 amide bonds. The number of nitrogens with two attached hydrogens (primary N) is 7. The molecule has 27 heavy (non-hydrogen) atoms. The molecule has 0 aliphatic heterocycles. The Balaban J connectivity index is 0. The minimum absolute atomic E-state index is 0.0106. The Morgan fingerprint density at radius 1 is 0.926 bits per heavy atom. The van der Waals surface area contributed by atoms with Gasteiger partial charge in [-0.1, -0.05) is 0 Å². The van der Waals surface area contributed by atoms with Crippen molar-refractivity contribution in [1.29, 1.82) is 0 Å². The minimum atomic E-state index is -3.98. The van der Waals surface area contributed by atoms with E-state index in [9.17, 15) is 23.6 Å². The van der Waals surface area contributed by atoms with Crippen LogP contribution in [0.25, 0.3) is 0 Å². The van der Waals surface area contributed by atoms with Crippen LogP contribution in [0, 0.1) is 0 Å². The van der Waals surface area contributed by atoms with Crippen LogP contribution < -0.4 is 40.5 Å². The van der Waals surface area contributed by atoms with Gasteiger partial charge in [-0.05, 0) is 12.8 Å². The summed E-state index contributed by atoms with van der Waals surface area (Å²) < 4.78 is 22.1. The molecule has 0 aromatic rings. The van der Waals surface area contributed by atoms with Gasteiger partial charge in [0.2, 0.25) is 7.37 Å². The summed E-state index contributed by atoms with van der Waals surface area (Å²) in [6, 6.07) is -2.03. The zero-order valence-corrected chi connectivity index (χ0v) is 16.6. The first-order valence-electron chi connectivity index (χ1n) is 7.28. The molecule has 0 spiro atoms. The monoisotopic (exact) mass is 437 g/mol. The second kappa shape index (κ2) is 11.8. The van der Waals surface area contributed by atoms with E-state index in [0.717, 1.165) is 0 Å². The number of carbonyl (C=O) groups is 2. The Hall–Kier alpha value is -0.960. The van der Waals surface area contributed by atoms with E-state index >= 15 is 0 Å². The van der Waals surface area contributed by atoms with Crippen LogP contribution in [0.4, 0.5) is 0 Å². The van der Waals surface area contributed by atoms with Gasteiger partial charge in [0.05, 0.1) is 0 Å². The van der Waals surface area contributed by atoms with E-state index in [1.807, 2.05) is 0 Å². The van der Waals surface area contributed by atoms with Crippen molar-refractivity contribution in [3.8, 4) is 0 Å². The fraction of sp³-hybridized carbons (Fsp3) is 0.800. The Kier molecular flexibility index (Phi) is 12.3. The zero-order valence-electron chi connectivity index (χ0n) is 14.8. The van der Waals surface area contributed by atoms with E-state index in [1.165, 1.54) is 6.66 Å². The summed E-state index contributed by atoms with van der Waals surface area (Å²) in [6.07, 6.45) is -0.465. The molecule has 16 N–H and O–H groups in total. The van der Waals surface area contributed by atoms with Crippen molar-refractivity contribution in [3.05, 3.63) is 0 Å². The van der Waals surface area contributed by atoms with Crippen LogP contribution in [0.2, 0.25) is 0 Å². The molecule has 4 unspecified atom stereocenters. The molecule has 4 atom stereocenters. The molecule has 0 saturated heterocycles. The van der Waals surface area contributed by atoms with Gasteiger partial charge in [-0.15, -0.1) is 0 Å². The smallest absolute Gasteiger partial charge is 0.341 e. The van der Waals surface area contributed by atoms with Crippen LogP contribution >= 0.6 is 14.7 Å². The first kappa shape index (κ1) is 28.3. The van der Waals surface area contributed by atoms with Crippen LogP contribution in [0.3, 0.4) is 0 Å². The summed E-state index contributed by atoms with van der Waals surface area (Å²) in [5.41, 5.74) is 23.5. The molecule has 162 valence electrons. The summed E-state index contributed by atoms with van der Waals surface area (Å²) >= 11 is 0. The highest BCUT2D eigenvalue weighted by Gasteiger charge is 2.37. The fourth-order valence-electron chi connectivity index (χ4n) is 1.30. The van der Waals surface area contributed by atoms with E-state index in [1.54, 1.807) is 0 Å². The van der Waals surface area contributed by atoms with E-state index < -0.39 is 50.4 Å². The predicted molar refractivity (Wildman–Crippen MR) is 96.3 cm³/mol. The summed E-state index contributed by atoms with van der Waals surface area (Å²) in [5, 5.41) is 0. The maximum Gasteiger partial charge on any atom is 0.341 e. The minimum Gasteiger partial charge on any atom is -0.372 e. The van der Waals surface area contributed by atoms with Crippen LogP contribution in [0.15, 0.2) is 0 Å². The van der Waals surface area contributed by atoms with Crippen LogP contribution in [0.5, 0.6) is 0 Å². The van der Waals surface area contributed by atoms with Gasteiger partial charge in [-0.25, -0.2) is 9.59 Å². The molecule has 0 rings (SSSR count). The van der Waals surface area contributed by atoms with Gasteiger partial charge in [0, 0.05) is 19.0 Å². The van der Waals surface area contributed by atoms with Crippen molar-refractivity contribution in [2.75, 3.05) is 19.0 Å². The maximum atomic E-state index is 11.4. The average Bonchev–Trinajstić information content (AvgIpc) is 2.54. The van der Waals surface area contributed by atoms with E-state index in [-0.39, 0.29) is 19.0 Å². The highest BCUT2D eigenvalue weighted by atomic mass is 31.2. The standard InChI is InChI=1S/C5H16N5O4P.C5H13N2O4P/c6-3(4(11)14-10)1-2-15(12,13)5(7,8)9;1-12(9,10)3-2-4(6)5(8)11-7/h3H,1-2,6-10H2,(H,12,13);4H,2-3,6-7H2,1H3,(H,9,10). The van der Waals surface area contributed by atoms with Crippen LogP contribution in [-0.4, -0.2) is 58.3 Å². The number of hydrogen-bond donors (Lipinski definition) is 9. The average molecular weight is 437 g/mol. The lowest BCUT2D eigenvalue weighted by Gasteiger charge is -2.25. The third-order valence-corrected chi connectivity index (χ3v) is 6.20. The lowest BCUT2D eigenvalue weighted by atomic mass is 10.2. The molecule has 0 aliphatic rings. The SMILES string of the molecule is CP(=O)(O)CCC(N)C(=O)ON.NOC(=O)C(N)CCP(=O)(O)C(N)(N)N. The lowest BCUT2D eigenvalue weighted by Crippen LogP contribution is -2.58. The lowest BCUT2D eigenvalue weighted by molar-refractivity contribution is -0.146. The van der Waals surface area contributed by atoms with Crippen molar-refractivity contribution in [3.63, 3.8) is 0 Å². The molecular weight excluding hydrogens is 408 g/mol. The molecule has 15 nitrogen and oxygen atoms in total. The van der Waals surface area contributed by atoms with Gasteiger partial charge in [-0.3, -0.25) is 26.3 Å². The van der Waals surface area contributed by atoms with Crippen molar-refractivity contribution in [2.45, 2.75) is 30.5 Å². The molecule has 0 aliphatic carbocycles. The van der Waals surface area contributed by atoms with Crippen LogP contribution in [-0.2, 0) is 28.4 Å². The normalized spacial score (nSPS) is 18.0. The highest BCUT2D eigenvalue weighted by molar-refractivity contribution is 7.59. The summed E-state index contributed by atoms with van der Waals surface area (Å²) in [6.45, 7) is 1.20. The fourth-order valence-corrected chi connectivity index (χ4v) is 3.07. The van der Waals surface area contributed by atoms with Crippen molar-refractivity contribution < 1.29 is 38.2 Å². The molecule has 0 radical (unpaired) electrons. The third kappa shape index (κ3) is 12.9. The Morgan fingerprint density at radius 3 is 1.52 bits per heavy atom. The molecule has 0 aromatic heterocycles. The first-order valence-corrected chi connectivity index (χ1v) is 11.4. The number of hydrogen-bond acceptors (Lipinski definition) is 13. The molecular formula is C10H29N7O8P2. The predicted octanol–water partition coefficient (Wildman–Crippen LogP) is -4.10. The van der Waals surface area contributed by atoms with Crippen molar-refractivity contribution in [1.82, 2.24) is 0 Å². The van der Waals surface area contributed by atoms with Gasteiger partial charge in [0.25, 0.3) is 0 Å². The van der Waals surface area contributed by atoms with E-state index in [4.69, 9.17) is 33.6 Å². The van der Waals surface area contributed by atoms with Crippen molar-refractivity contribution in [2.24, 2.45) is 40.5 Å². The number of carbonyl (C=O) groups excluding carboxylic acids is 2. The van der Waals surface area contributed by atoms with Crippen LogP contribution in [0.1, 0.15) is 12.8 Å². The van der Waals surface area contributed by atoms with E-state index in [2.05, 4.69) is 21.5 Å². The molecule has 0 heterocycles. The highest BCUT2D eigenvalue weighted by Crippen LogP contribution is 2.46. The molecule has 0 aromatic carbocycles. The summed E-state index contributed by atoms with van der Waals surface area (Å²) in [4.78, 5) is 47.1. The second-order valence-electron chi connectivity index (χ2n) is 5.75. The van der Waals surface area contributed by atoms with Crippen molar-refractivity contribution >= 4 is 26.7 Å².